The number of aromatic nitrogens is 3. The van der Waals surface area contributed by atoms with Crippen LogP contribution in [0.5, 0.6) is 0 Å². The SMILES string of the molecule is O=C(NCc1cccc(-c2c[nH]c3ncc(-c4ccco4)cc23)c1)c1cccn(Cc2ccc(F)c(F)c2)c1=O. The predicted molar refractivity (Wildman–Crippen MR) is 147 cm³/mol. The number of amides is 1. The zero-order chi connectivity index (χ0) is 27.6. The van der Waals surface area contributed by atoms with Gasteiger partial charge in [-0.2, -0.15) is 0 Å². The van der Waals surface area contributed by atoms with Crippen LogP contribution >= 0.6 is 0 Å². The average molecular weight is 537 g/mol. The molecule has 0 saturated carbocycles. The van der Waals surface area contributed by atoms with Crippen molar-refractivity contribution in [2.75, 3.05) is 0 Å². The first-order valence-electron chi connectivity index (χ1n) is 12.5. The van der Waals surface area contributed by atoms with E-state index in [9.17, 15) is 18.4 Å². The van der Waals surface area contributed by atoms with E-state index in [0.717, 1.165) is 51.2 Å². The van der Waals surface area contributed by atoms with Gasteiger partial charge < -0.3 is 19.3 Å². The van der Waals surface area contributed by atoms with Crippen LogP contribution < -0.4 is 10.9 Å². The third-order valence-corrected chi connectivity index (χ3v) is 6.63. The quantitative estimate of drug-likeness (QED) is 0.265. The molecule has 0 spiro atoms. The van der Waals surface area contributed by atoms with E-state index in [0.29, 0.717) is 5.56 Å². The molecular formula is C31H22F2N4O3. The number of fused-ring (bicyclic) bond motifs is 1. The van der Waals surface area contributed by atoms with Gasteiger partial charge in [0.05, 0.1) is 12.8 Å². The van der Waals surface area contributed by atoms with E-state index in [1.807, 2.05) is 48.7 Å². The summed E-state index contributed by atoms with van der Waals surface area (Å²) in [6.45, 7) is 0.197. The molecule has 4 aromatic heterocycles. The minimum Gasteiger partial charge on any atom is -0.464 e. The van der Waals surface area contributed by atoms with Gasteiger partial charge in [-0.3, -0.25) is 9.59 Å². The number of hydrogen-bond donors (Lipinski definition) is 2. The normalized spacial score (nSPS) is 11.2. The topological polar surface area (TPSA) is 92.9 Å². The second-order valence-electron chi connectivity index (χ2n) is 9.29. The van der Waals surface area contributed by atoms with Crippen LogP contribution in [0.3, 0.4) is 0 Å². The highest BCUT2D eigenvalue weighted by molar-refractivity contribution is 5.96. The first kappa shape index (κ1) is 25.0. The summed E-state index contributed by atoms with van der Waals surface area (Å²) < 4.78 is 33.6. The highest BCUT2D eigenvalue weighted by Gasteiger charge is 2.14. The largest absolute Gasteiger partial charge is 0.464 e. The van der Waals surface area contributed by atoms with Gasteiger partial charge in [0.15, 0.2) is 11.6 Å². The molecule has 0 aliphatic rings. The van der Waals surface area contributed by atoms with Crippen molar-refractivity contribution in [3.8, 4) is 22.5 Å². The monoisotopic (exact) mass is 536 g/mol. The Morgan fingerprint density at radius 1 is 0.950 bits per heavy atom. The highest BCUT2D eigenvalue weighted by Crippen LogP contribution is 2.31. The fourth-order valence-electron chi connectivity index (χ4n) is 4.62. The minimum absolute atomic E-state index is 0.000310. The molecule has 40 heavy (non-hydrogen) atoms. The number of carbonyl (C=O) groups excluding carboxylic acids is 1. The van der Waals surface area contributed by atoms with Crippen molar-refractivity contribution in [1.29, 1.82) is 0 Å². The van der Waals surface area contributed by atoms with Gasteiger partial charge >= 0.3 is 0 Å². The Morgan fingerprint density at radius 3 is 2.67 bits per heavy atom. The molecule has 198 valence electrons. The van der Waals surface area contributed by atoms with Crippen LogP contribution in [0, 0.1) is 11.6 Å². The summed E-state index contributed by atoms with van der Waals surface area (Å²) in [7, 11) is 0. The molecule has 6 rings (SSSR count). The van der Waals surface area contributed by atoms with Crippen LogP contribution in [0.4, 0.5) is 8.78 Å². The van der Waals surface area contributed by atoms with Crippen molar-refractivity contribution < 1.29 is 18.0 Å². The maximum absolute atomic E-state index is 13.6. The number of furan rings is 1. The first-order valence-corrected chi connectivity index (χ1v) is 12.5. The minimum atomic E-state index is -0.997. The van der Waals surface area contributed by atoms with Gasteiger partial charge in [0.1, 0.15) is 17.0 Å². The smallest absolute Gasteiger partial charge is 0.263 e. The third-order valence-electron chi connectivity index (χ3n) is 6.63. The van der Waals surface area contributed by atoms with Crippen LogP contribution in [0.2, 0.25) is 0 Å². The maximum Gasteiger partial charge on any atom is 0.263 e. The lowest BCUT2D eigenvalue weighted by molar-refractivity contribution is 0.0948. The van der Waals surface area contributed by atoms with Crippen LogP contribution in [0.15, 0.2) is 107 Å². The van der Waals surface area contributed by atoms with E-state index >= 15 is 0 Å². The maximum atomic E-state index is 13.6. The lowest BCUT2D eigenvalue weighted by Gasteiger charge is -2.10. The molecule has 0 bridgehead atoms. The zero-order valence-electron chi connectivity index (χ0n) is 21.0. The van der Waals surface area contributed by atoms with Crippen LogP contribution in [-0.2, 0) is 13.1 Å². The fourth-order valence-corrected chi connectivity index (χ4v) is 4.62. The van der Waals surface area contributed by atoms with E-state index in [2.05, 4.69) is 15.3 Å². The van der Waals surface area contributed by atoms with E-state index in [1.165, 1.54) is 22.9 Å². The van der Waals surface area contributed by atoms with Gasteiger partial charge in [-0.15, -0.1) is 0 Å². The molecule has 0 saturated heterocycles. The number of benzene rings is 2. The molecule has 0 aliphatic heterocycles. The summed E-state index contributed by atoms with van der Waals surface area (Å²) in [6, 6.07) is 19.9. The van der Waals surface area contributed by atoms with E-state index < -0.39 is 23.1 Å². The number of hydrogen-bond acceptors (Lipinski definition) is 4. The van der Waals surface area contributed by atoms with Crippen molar-refractivity contribution in [3.63, 3.8) is 0 Å². The second kappa shape index (κ2) is 10.5. The van der Waals surface area contributed by atoms with Crippen LogP contribution in [-0.4, -0.2) is 20.4 Å². The Labute approximate surface area is 226 Å². The van der Waals surface area contributed by atoms with Crippen LogP contribution in [0.1, 0.15) is 21.5 Å². The van der Waals surface area contributed by atoms with Crippen molar-refractivity contribution in [2.24, 2.45) is 0 Å². The molecule has 0 radical (unpaired) electrons. The molecule has 1 amide bonds. The molecule has 2 aromatic carbocycles. The van der Waals surface area contributed by atoms with Gasteiger partial charge in [0.2, 0.25) is 0 Å². The lowest BCUT2D eigenvalue weighted by Crippen LogP contribution is -2.32. The van der Waals surface area contributed by atoms with Gasteiger partial charge in [-0.1, -0.05) is 24.3 Å². The first-order chi connectivity index (χ1) is 19.5. The lowest BCUT2D eigenvalue weighted by atomic mass is 10.0. The third kappa shape index (κ3) is 4.92. The van der Waals surface area contributed by atoms with Crippen molar-refractivity contribution in [1.82, 2.24) is 19.9 Å². The Kier molecular flexibility index (Phi) is 6.53. The number of nitrogens with one attached hydrogen (secondary N) is 2. The Hall–Kier alpha value is -5.31. The Bertz CT molecular complexity index is 1910. The number of carbonyl (C=O) groups is 1. The number of aromatic amines is 1. The molecule has 0 atom stereocenters. The van der Waals surface area contributed by atoms with Gasteiger partial charge in [0.25, 0.3) is 11.5 Å². The second-order valence-corrected chi connectivity index (χ2v) is 9.29. The van der Waals surface area contributed by atoms with E-state index in [1.54, 1.807) is 18.5 Å². The van der Waals surface area contributed by atoms with Gasteiger partial charge in [-0.05, 0) is 65.2 Å². The number of H-pyrrole nitrogens is 1. The average Bonchev–Trinajstić information content (AvgIpc) is 3.65. The zero-order valence-corrected chi connectivity index (χ0v) is 21.0. The number of pyridine rings is 2. The summed E-state index contributed by atoms with van der Waals surface area (Å²) in [6.07, 6.45) is 6.76. The predicted octanol–water partition coefficient (Wildman–Crippen LogP) is 5.91. The highest BCUT2D eigenvalue weighted by atomic mass is 19.2. The summed E-state index contributed by atoms with van der Waals surface area (Å²) >= 11 is 0. The standard InChI is InChI=1S/C31H22F2N4O3/c32-26-9-8-20(13-27(26)33)18-37-10-2-6-23(31(37)39)30(38)36-15-19-4-1-5-21(12-19)25-17-35-29-24(25)14-22(16-34-29)28-7-3-11-40-28/h1-14,16-17H,15,18H2,(H,34,35)(H,36,38). The number of rotatable bonds is 7. The molecule has 0 aliphatic carbocycles. The molecule has 0 unspecified atom stereocenters. The van der Waals surface area contributed by atoms with E-state index in [4.69, 9.17) is 4.42 Å². The molecular weight excluding hydrogens is 514 g/mol. The van der Waals surface area contributed by atoms with Gasteiger partial charge in [0, 0.05) is 41.6 Å². The van der Waals surface area contributed by atoms with Crippen molar-refractivity contribution in [2.45, 2.75) is 13.1 Å². The fraction of sp³-hybridized carbons (Fsp3) is 0.0645. The Morgan fingerprint density at radius 2 is 1.85 bits per heavy atom. The van der Waals surface area contributed by atoms with Gasteiger partial charge in [-0.25, -0.2) is 13.8 Å². The van der Waals surface area contributed by atoms with Crippen molar-refractivity contribution in [3.05, 3.63) is 136 Å². The van der Waals surface area contributed by atoms with Crippen LogP contribution in [0.25, 0.3) is 33.5 Å². The summed E-state index contributed by atoms with van der Waals surface area (Å²) in [5, 5.41) is 3.74. The number of halogens is 2. The van der Waals surface area contributed by atoms with Crippen molar-refractivity contribution >= 4 is 16.9 Å². The molecule has 4 heterocycles. The summed E-state index contributed by atoms with van der Waals surface area (Å²) in [5.41, 5.74) is 4.16. The summed E-state index contributed by atoms with van der Waals surface area (Å²) in [5.74, 6) is -1.77. The molecule has 7 nitrogen and oxygen atoms in total. The number of nitrogens with zero attached hydrogens (tertiary/aromatic N) is 2. The Balaban J connectivity index is 1.20. The van der Waals surface area contributed by atoms with E-state index in [-0.39, 0.29) is 18.7 Å². The molecule has 9 heteroatoms. The molecule has 6 aromatic rings. The molecule has 0 fully saturated rings. The summed E-state index contributed by atoms with van der Waals surface area (Å²) in [4.78, 5) is 33.6. The molecule has 2 N–H and O–H groups in total.